The molecule has 4 aromatic rings. The molecule has 37 heavy (non-hydrogen) atoms. The van der Waals surface area contributed by atoms with Gasteiger partial charge in [-0.25, -0.2) is 13.4 Å². The van der Waals surface area contributed by atoms with Crippen molar-refractivity contribution >= 4 is 20.9 Å². The van der Waals surface area contributed by atoms with E-state index in [2.05, 4.69) is 64.7 Å². The largest absolute Gasteiger partial charge is 0.327 e. The van der Waals surface area contributed by atoms with Gasteiger partial charge < -0.3 is 9.47 Å². The van der Waals surface area contributed by atoms with Crippen LogP contribution >= 0.6 is 0 Å². The molecular weight excluding hydrogens is 480 g/mol. The molecule has 2 aliphatic heterocycles. The third-order valence-electron chi connectivity index (χ3n) is 8.16. The van der Waals surface area contributed by atoms with Crippen molar-refractivity contribution in [2.75, 3.05) is 39.5 Å². The number of aromatic nitrogens is 2. The average molecular weight is 515 g/mol. The summed E-state index contributed by atoms with van der Waals surface area (Å²) in [6, 6.07) is 20.4. The highest BCUT2D eigenvalue weighted by molar-refractivity contribution is 7.90. The van der Waals surface area contributed by atoms with Crippen molar-refractivity contribution in [3.8, 4) is 22.5 Å². The van der Waals surface area contributed by atoms with Crippen LogP contribution in [0.15, 0.2) is 65.6 Å². The van der Waals surface area contributed by atoms with Crippen LogP contribution < -0.4 is 0 Å². The Balaban J connectivity index is 1.24. The summed E-state index contributed by atoms with van der Waals surface area (Å²) in [4.78, 5) is 10.3. The zero-order valence-electron chi connectivity index (χ0n) is 22.0. The zero-order valence-corrected chi connectivity index (χ0v) is 22.8. The summed E-state index contributed by atoms with van der Waals surface area (Å²) in [5, 5.41) is 0. The lowest BCUT2D eigenvalue weighted by atomic mass is 10.0. The molecule has 2 fully saturated rings. The minimum Gasteiger partial charge on any atom is -0.327 e. The van der Waals surface area contributed by atoms with Crippen LogP contribution in [0, 0.1) is 18.8 Å². The van der Waals surface area contributed by atoms with Crippen LogP contribution in [0.25, 0.3) is 33.5 Å². The quantitative estimate of drug-likeness (QED) is 0.389. The number of fused-ring (bicyclic) bond motifs is 2. The van der Waals surface area contributed by atoms with Crippen molar-refractivity contribution in [1.29, 1.82) is 0 Å². The van der Waals surface area contributed by atoms with Crippen molar-refractivity contribution in [2.24, 2.45) is 18.9 Å². The summed E-state index contributed by atoms with van der Waals surface area (Å²) in [6.45, 7) is 8.04. The van der Waals surface area contributed by atoms with Crippen LogP contribution in [-0.4, -0.2) is 67.3 Å². The molecule has 0 bridgehead atoms. The Morgan fingerprint density at radius 3 is 2.08 bits per heavy atom. The predicted molar refractivity (Wildman–Crippen MR) is 149 cm³/mol. The third-order valence-corrected chi connectivity index (χ3v) is 9.28. The zero-order chi connectivity index (χ0) is 25.9. The van der Waals surface area contributed by atoms with Crippen LogP contribution in [0.4, 0.5) is 0 Å². The van der Waals surface area contributed by atoms with E-state index in [4.69, 9.17) is 4.98 Å². The Morgan fingerprint density at radius 1 is 0.838 bits per heavy atom. The van der Waals surface area contributed by atoms with Crippen molar-refractivity contribution in [3.05, 3.63) is 71.8 Å². The SMILES string of the molecule is Cc1cc(-c2ccc(CN3CC4CN(C)C[C@@H]4C3)cc2)cc2c1nc(-c1ccc(S(C)(=O)=O)cc1)n2C. The molecule has 0 saturated carbocycles. The molecule has 2 saturated heterocycles. The van der Waals surface area contributed by atoms with Gasteiger partial charge in [0.15, 0.2) is 9.84 Å². The molecule has 0 aliphatic carbocycles. The summed E-state index contributed by atoms with van der Waals surface area (Å²) in [6.07, 6.45) is 1.23. The summed E-state index contributed by atoms with van der Waals surface area (Å²) < 4.78 is 25.8. The van der Waals surface area contributed by atoms with E-state index >= 15 is 0 Å². The van der Waals surface area contributed by atoms with Crippen LogP contribution in [-0.2, 0) is 23.4 Å². The van der Waals surface area contributed by atoms with Crippen LogP contribution in [0.2, 0.25) is 0 Å². The molecule has 3 aromatic carbocycles. The molecule has 192 valence electrons. The van der Waals surface area contributed by atoms with Gasteiger partial charge in [0.25, 0.3) is 0 Å². The number of hydrogen-bond acceptors (Lipinski definition) is 5. The van der Waals surface area contributed by atoms with Crippen molar-refractivity contribution in [2.45, 2.75) is 18.4 Å². The maximum absolute atomic E-state index is 11.8. The number of likely N-dealkylation sites (tertiary alicyclic amines) is 2. The molecular formula is C30H34N4O2S. The van der Waals surface area contributed by atoms with Gasteiger partial charge in [0, 0.05) is 51.6 Å². The molecule has 2 aliphatic rings. The van der Waals surface area contributed by atoms with Gasteiger partial charge in [0.2, 0.25) is 0 Å². The molecule has 0 N–H and O–H groups in total. The first-order chi connectivity index (χ1) is 17.7. The second kappa shape index (κ2) is 9.08. The molecule has 6 nitrogen and oxygen atoms in total. The topological polar surface area (TPSA) is 58.4 Å². The number of imidazole rings is 1. The lowest BCUT2D eigenvalue weighted by Gasteiger charge is -2.19. The molecule has 2 atom stereocenters. The number of rotatable bonds is 5. The Bertz CT molecular complexity index is 1560. The first-order valence-electron chi connectivity index (χ1n) is 12.9. The number of hydrogen-bond donors (Lipinski definition) is 0. The molecule has 1 unspecified atom stereocenters. The fourth-order valence-corrected chi connectivity index (χ4v) is 6.88. The standard InChI is InChI=1S/C30H34N4O2S/c1-20-13-24(22-7-5-21(6-8-22)15-34-18-25-16-32(2)17-26(25)19-34)14-28-29(20)31-30(33(28)3)23-9-11-27(12-10-23)37(4,35)36/h5-14,25-26H,15-19H2,1-4H3/t25-,26?/m1/s1. The predicted octanol–water partition coefficient (Wildman–Crippen LogP) is 4.61. The van der Waals surface area contributed by atoms with E-state index in [0.29, 0.717) is 4.90 Å². The second-order valence-electron chi connectivity index (χ2n) is 11.1. The van der Waals surface area contributed by atoms with E-state index in [0.717, 1.165) is 46.4 Å². The van der Waals surface area contributed by atoms with Crippen LogP contribution in [0.3, 0.4) is 0 Å². The number of nitrogens with zero attached hydrogens (tertiary/aromatic N) is 4. The van der Waals surface area contributed by atoms with Crippen molar-refractivity contribution in [3.63, 3.8) is 0 Å². The molecule has 0 amide bonds. The Labute approximate surface area is 219 Å². The van der Waals surface area contributed by atoms with E-state index < -0.39 is 9.84 Å². The minimum atomic E-state index is -3.23. The molecule has 0 radical (unpaired) electrons. The molecule has 7 heteroatoms. The van der Waals surface area contributed by atoms with Gasteiger partial charge in [-0.15, -0.1) is 0 Å². The fraction of sp³-hybridized carbons (Fsp3) is 0.367. The summed E-state index contributed by atoms with van der Waals surface area (Å²) in [5.41, 5.74) is 7.81. The van der Waals surface area contributed by atoms with Gasteiger partial charge in [0.05, 0.1) is 15.9 Å². The highest BCUT2D eigenvalue weighted by Crippen LogP contribution is 2.33. The Kier molecular flexibility index (Phi) is 5.97. The second-order valence-corrected chi connectivity index (χ2v) is 13.1. The first kappa shape index (κ1) is 24.3. The average Bonchev–Trinajstić information content (AvgIpc) is 3.50. The fourth-order valence-electron chi connectivity index (χ4n) is 6.25. The van der Waals surface area contributed by atoms with Crippen LogP contribution in [0.5, 0.6) is 0 Å². The maximum atomic E-state index is 11.8. The maximum Gasteiger partial charge on any atom is 0.175 e. The van der Waals surface area contributed by atoms with E-state index in [1.54, 1.807) is 12.1 Å². The number of benzene rings is 3. The monoisotopic (exact) mass is 514 g/mol. The van der Waals surface area contributed by atoms with Crippen molar-refractivity contribution < 1.29 is 8.42 Å². The van der Waals surface area contributed by atoms with Gasteiger partial charge in [-0.1, -0.05) is 24.3 Å². The third kappa shape index (κ3) is 4.60. The molecule has 6 rings (SSSR count). The number of sulfone groups is 1. The van der Waals surface area contributed by atoms with E-state index in [1.807, 2.05) is 19.2 Å². The highest BCUT2D eigenvalue weighted by atomic mass is 32.2. The lowest BCUT2D eigenvalue weighted by Crippen LogP contribution is -2.26. The van der Waals surface area contributed by atoms with Gasteiger partial charge in [-0.2, -0.15) is 0 Å². The van der Waals surface area contributed by atoms with Gasteiger partial charge in [0.1, 0.15) is 5.82 Å². The van der Waals surface area contributed by atoms with Gasteiger partial charge >= 0.3 is 0 Å². The van der Waals surface area contributed by atoms with E-state index in [1.165, 1.54) is 49.1 Å². The summed E-state index contributed by atoms with van der Waals surface area (Å²) in [5.74, 6) is 2.49. The smallest absolute Gasteiger partial charge is 0.175 e. The summed E-state index contributed by atoms with van der Waals surface area (Å²) in [7, 11) is 1.03. The Morgan fingerprint density at radius 2 is 1.46 bits per heavy atom. The van der Waals surface area contributed by atoms with E-state index in [-0.39, 0.29) is 0 Å². The lowest BCUT2D eigenvalue weighted by molar-refractivity contribution is 0.272. The van der Waals surface area contributed by atoms with Gasteiger partial charge in [-0.3, -0.25) is 4.90 Å². The van der Waals surface area contributed by atoms with E-state index in [9.17, 15) is 8.42 Å². The summed E-state index contributed by atoms with van der Waals surface area (Å²) >= 11 is 0. The Hall–Kier alpha value is -3.00. The molecule has 3 heterocycles. The van der Waals surface area contributed by atoms with Crippen molar-refractivity contribution in [1.82, 2.24) is 19.4 Å². The molecule has 0 spiro atoms. The van der Waals surface area contributed by atoms with Crippen LogP contribution in [0.1, 0.15) is 11.1 Å². The normalized spacial score (nSPS) is 20.6. The molecule has 1 aromatic heterocycles. The first-order valence-corrected chi connectivity index (χ1v) is 14.8. The van der Waals surface area contributed by atoms with Gasteiger partial charge in [-0.05, 0) is 84.5 Å². The highest BCUT2D eigenvalue weighted by Gasteiger charge is 2.38. The minimum absolute atomic E-state index is 0.317. The number of aryl methyl sites for hydroxylation is 2.